The molecule has 0 amide bonds. The Morgan fingerprint density at radius 1 is 0.741 bits per heavy atom. The molecular weight excluding hydrogens is 485 g/mol. The van der Waals surface area contributed by atoms with E-state index in [0.717, 1.165) is 15.7 Å². The monoisotopic (exact) mass is 522 g/mol. The Balaban J connectivity index is 2.37. The topological polar surface area (TPSA) is 0 Å². The molecule has 1 saturated heterocycles. The maximum absolute atomic E-state index is 4.52. The van der Waals surface area contributed by atoms with Gasteiger partial charge in [-0.1, -0.05) is 20.8 Å². The van der Waals surface area contributed by atoms with E-state index in [1.54, 1.807) is 0 Å². The lowest BCUT2D eigenvalue weighted by atomic mass is 10.2. The minimum absolute atomic E-state index is 0.512. The summed E-state index contributed by atoms with van der Waals surface area (Å²) in [7, 11) is 0. The first-order valence-corrected chi connectivity index (χ1v) is 16.9. The van der Waals surface area contributed by atoms with E-state index >= 15 is 0 Å². The van der Waals surface area contributed by atoms with Crippen molar-refractivity contribution in [2.45, 2.75) is 71.5 Å². The van der Waals surface area contributed by atoms with Gasteiger partial charge in [-0.2, -0.15) is 96.7 Å². The first-order valence-electron chi connectivity index (χ1n) is 9.93. The van der Waals surface area contributed by atoms with E-state index in [9.17, 15) is 0 Å². The van der Waals surface area contributed by atoms with Gasteiger partial charge in [-0.3, -0.25) is 0 Å². The molecule has 1 aliphatic heterocycles. The Bertz CT molecular complexity index is 351. The molecule has 0 N–H and O–H groups in total. The maximum atomic E-state index is 4.52. The molecule has 1 rings (SSSR count). The third kappa shape index (κ3) is 15.3. The smallest absolute Gasteiger partial charge is 0.0177 e. The molecule has 0 aromatic heterocycles. The van der Waals surface area contributed by atoms with Crippen LogP contribution in [0.1, 0.15) is 40.0 Å². The number of rotatable bonds is 15. The van der Waals surface area contributed by atoms with Crippen molar-refractivity contribution in [1.29, 1.82) is 0 Å². The van der Waals surface area contributed by atoms with Crippen LogP contribution in [0, 0.1) is 0 Å². The molecule has 1 heterocycles. The number of thioether (sulfide) groups is 5. The highest BCUT2D eigenvalue weighted by atomic mass is 32.2. The van der Waals surface area contributed by atoms with Crippen LogP contribution in [0.3, 0.4) is 0 Å². The summed E-state index contributed by atoms with van der Waals surface area (Å²) in [6, 6.07) is 0. The van der Waals surface area contributed by atoms with Gasteiger partial charge in [0.25, 0.3) is 0 Å². The average molecular weight is 523 g/mol. The van der Waals surface area contributed by atoms with Crippen molar-refractivity contribution < 1.29 is 0 Å². The van der Waals surface area contributed by atoms with Gasteiger partial charge in [-0.15, -0.1) is 0 Å². The minimum atomic E-state index is 0.512. The van der Waals surface area contributed by atoms with Crippen molar-refractivity contribution in [2.24, 2.45) is 0 Å². The van der Waals surface area contributed by atoms with Crippen LogP contribution < -0.4 is 0 Å². The van der Waals surface area contributed by atoms with Crippen molar-refractivity contribution >= 4 is 96.7 Å². The highest BCUT2D eigenvalue weighted by molar-refractivity contribution is 8.07. The Kier molecular flexibility index (Phi) is 17.9. The fourth-order valence-corrected chi connectivity index (χ4v) is 10.5. The summed E-state index contributed by atoms with van der Waals surface area (Å²) in [6.07, 6.45) is 4.08. The highest BCUT2D eigenvalue weighted by Gasteiger charge is 2.31. The Hall–Kier alpha value is 2.80. The molecular formula is C19H38S8. The van der Waals surface area contributed by atoms with Crippen LogP contribution in [0.2, 0.25) is 0 Å². The van der Waals surface area contributed by atoms with Gasteiger partial charge >= 0.3 is 0 Å². The molecule has 162 valence electrons. The predicted octanol–water partition coefficient (Wildman–Crippen LogP) is 6.90. The molecule has 1 fully saturated rings. The van der Waals surface area contributed by atoms with Crippen LogP contribution in [0.25, 0.3) is 0 Å². The third-order valence-electron chi connectivity index (χ3n) is 4.03. The van der Waals surface area contributed by atoms with Crippen LogP contribution in [0.5, 0.6) is 0 Å². The molecule has 1 aliphatic rings. The van der Waals surface area contributed by atoms with E-state index in [1.807, 2.05) is 0 Å². The quantitative estimate of drug-likeness (QED) is 0.158. The van der Waals surface area contributed by atoms with E-state index in [2.05, 4.69) is 117 Å². The molecule has 0 nitrogen and oxygen atoms in total. The Labute approximate surface area is 206 Å². The molecule has 0 aromatic rings. The zero-order valence-corrected chi connectivity index (χ0v) is 23.7. The van der Waals surface area contributed by atoms with Gasteiger partial charge < -0.3 is 0 Å². The lowest BCUT2D eigenvalue weighted by Crippen LogP contribution is -2.32. The molecule has 0 bridgehead atoms. The summed E-state index contributed by atoms with van der Waals surface area (Å²) < 4.78 is 0. The predicted molar refractivity (Wildman–Crippen MR) is 153 cm³/mol. The zero-order chi connectivity index (χ0) is 20.1. The second kappa shape index (κ2) is 17.4. The normalized spacial score (nSPS) is 26.7. The van der Waals surface area contributed by atoms with E-state index in [4.69, 9.17) is 0 Å². The number of hydrogen-bond donors (Lipinski definition) is 3. The highest BCUT2D eigenvalue weighted by Crippen LogP contribution is 2.42. The lowest BCUT2D eigenvalue weighted by molar-refractivity contribution is 0.727. The summed E-state index contributed by atoms with van der Waals surface area (Å²) >= 11 is 24.3. The van der Waals surface area contributed by atoms with E-state index in [0.29, 0.717) is 15.7 Å². The first kappa shape index (κ1) is 27.8. The van der Waals surface area contributed by atoms with Gasteiger partial charge in [0.15, 0.2) is 0 Å². The number of hydrogen-bond acceptors (Lipinski definition) is 8. The SMILES string of the molecule is CC(S)CSCCC1CSC(CCSCC(C)S)C(CCSCC(C)S)S1. The van der Waals surface area contributed by atoms with E-state index in [1.165, 1.54) is 59.5 Å². The molecule has 0 radical (unpaired) electrons. The second-order valence-corrected chi connectivity index (χ2v) is 16.2. The Morgan fingerprint density at radius 3 is 1.67 bits per heavy atom. The van der Waals surface area contributed by atoms with Crippen LogP contribution in [0.4, 0.5) is 0 Å². The summed E-state index contributed by atoms with van der Waals surface area (Å²) in [6.45, 7) is 6.59. The van der Waals surface area contributed by atoms with Crippen LogP contribution >= 0.6 is 96.7 Å². The maximum Gasteiger partial charge on any atom is 0.0177 e. The van der Waals surface area contributed by atoms with Crippen LogP contribution in [-0.4, -0.2) is 71.8 Å². The van der Waals surface area contributed by atoms with Gasteiger partial charge in [0.05, 0.1) is 0 Å². The summed E-state index contributed by atoms with van der Waals surface area (Å²) in [5, 5.41) is 4.06. The van der Waals surface area contributed by atoms with Gasteiger partial charge in [-0.25, -0.2) is 0 Å². The summed E-state index contributed by atoms with van der Waals surface area (Å²) in [5.41, 5.74) is 0. The van der Waals surface area contributed by atoms with Crippen LogP contribution in [0.15, 0.2) is 0 Å². The van der Waals surface area contributed by atoms with Crippen LogP contribution in [-0.2, 0) is 0 Å². The zero-order valence-electron chi connectivity index (χ0n) is 16.9. The lowest BCUT2D eigenvalue weighted by Gasteiger charge is -2.35. The van der Waals surface area contributed by atoms with Gasteiger partial charge in [0.1, 0.15) is 0 Å². The minimum Gasteiger partial charge on any atom is -0.175 e. The Morgan fingerprint density at radius 2 is 1.19 bits per heavy atom. The molecule has 0 saturated carbocycles. The van der Waals surface area contributed by atoms with Crippen molar-refractivity contribution in [3.8, 4) is 0 Å². The molecule has 8 heteroatoms. The fraction of sp³-hybridized carbons (Fsp3) is 1.00. The molecule has 6 unspecified atom stereocenters. The average Bonchev–Trinajstić information content (AvgIpc) is 2.60. The standard InChI is InChI=1S/C19H38S8/c1-14(20)10-23-7-4-17-13-26-18(5-8-24-11-15(2)21)19(27-17)6-9-25-12-16(3)22/h14-22H,4-13H2,1-3H3. The summed E-state index contributed by atoms with van der Waals surface area (Å²) in [4.78, 5) is 0. The van der Waals surface area contributed by atoms with Crippen molar-refractivity contribution in [3.05, 3.63) is 0 Å². The van der Waals surface area contributed by atoms with Gasteiger partial charge in [0, 0.05) is 54.5 Å². The third-order valence-corrected chi connectivity index (χ3v) is 12.8. The molecule has 6 atom stereocenters. The molecule has 0 aliphatic carbocycles. The second-order valence-electron chi connectivity index (χ2n) is 7.31. The van der Waals surface area contributed by atoms with Crippen molar-refractivity contribution in [3.63, 3.8) is 0 Å². The number of thiol groups is 3. The molecule has 0 spiro atoms. The molecule has 27 heavy (non-hydrogen) atoms. The van der Waals surface area contributed by atoms with E-state index < -0.39 is 0 Å². The van der Waals surface area contributed by atoms with Crippen molar-refractivity contribution in [1.82, 2.24) is 0 Å². The van der Waals surface area contributed by atoms with Gasteiger partial charge in [-0.05, 0) is 36.5 Å². The van der Waals surface area contributed by atoms with E-state index in [-0.39, 0.29) is 0 Å². The largest absolute Gasteiger partial charge is 0.175 e. The van der Waals surface area contributed by atoms with Gasteiger partial charge in [0.2, 0.25) is 0 Å². The van der Waals surface area contributed by atoms with Crippen molar-refractivity contribution in [2.75, 3.05) is 40.3 Å². The fourth-order valence-electron chi connectivity index (χ4n) is 2.76. The summed E-state index contributed by atoms with van der Waals surface area (Å²) in [5.74, 6) is 8.76. The molecule has 0 aromatic carbocycles. The first-order chi connectivity index (χ1) is 12.9.